The number of benzene rings is 2. The summed E-state index contributed by atoms with van der Waals surface area (Å²) >= 11 is 14.0. The third-order valence-corrected chi connectivity index (χ3v) is 5.62. The van der Waals surface area contributed by atoms with E-state index >= 15 is 0 Å². The van der Waals surface area contributed by atoms with Gasteiger partial charge in [0.05, 0.1) is 22.2 Å². The first-order valence-electron chi connectivity index (χ1n) is 7.27. The summed E-state index contributed by atoms with van der Waals surface area (Å²) in [4.78, 5) is 1.40. The highest BCUT2D eigenvalue weighted by Crippen LogP contribution is 2.32. The van der Waals surface area contributed by atoms with Gasteiger partial charge >= 0.3 is 0 Å². The van der Waals surface area contributed by atoms with E-state index < -0.39 is 11.8 Å². The number of nitriles is 2. The molecule has 130 valence electrons. The Morgan fingerprint density at radius 1 is 0.808 bits per heavy atom. The molecule has 0 aromatic heterocycles. The Hall–Kier alpha value is -1.96. The molecule has 2 unspecified atom stereocenters. The summed E-state index contributed by atoms with van der Waals surface area (Å²) in [6.45, 7) is 0. The second-order valence-electron chi connectivity index (χ2n) is 5.06. The van der Waals surface area contributed by atoms with Gasteiger partial charge in [0, 0.05) is 19.8 Å². The third kappa shape index (κ3) is 5.52. The van der Waals surface area contributed by atoms with Crippen LogP contribution in [0.15, 0.2) is 58.3 Å². The molecule has 2 atom stereocenters. The van der Waals surface area contributed by atoms with Gasteiger partial charge in [-0.3, -0.25) is 10.8 Å². The number of nitrogens with zero attached hydrogens (tertiary/aromatic N) is 2. The van der Waals surface area contributed by atoms with Crippen molar-refractivity contribution in [2.45, 2.75) is 9.79 Å². The Bertz CT molecular complexity index is 842. The Morgan fingerprint density at radius 2 is 1.19 bits per heavy atom. The molecule has 8 heteroatoms. The predicted molar refractivity (Wildman–Crippen MR) is 108 cm³/mol. The summed E-state index contributed by atoms with van der Waals surface area (Å²) in [6, 6.07) is 17.8. The average molecular weight is 419 g/mol. The summed E-state index contributed by atoms with van der Waals surface area (Å²) in [5.41, 5.74) is 0. The second kappa shape index (κ2) is 9.66. The number of halogens is 2. The molecule has 0 aliphatic rings. The summed E-state index contributed by atoms with van der Waals surface area (Å²) in [6.07, 6.45) is 0. The average Bonchev–Trinajstić information content (AvgIpc) is 2.59. The first kappa shape index (κ1) is 20.4. The molecule has 0 spiro atoms. The molecular weight excluding hydrogens is 407 g/mol. The normalized spacial score (nSPS) is 12.5. The summed E-state index contributed by atoms with van der Waals surface area (Å²) in [7, 11) is 0. The molecule has 0 amide bonds. The van der Waals surface area contributed by atoms with Crippen molar-refractivity contribution in [3.63, 3.8) is 0 Å². The zero-order valence-corrected chi connectivity index (χ0v) is 16.4. The van der Waals surface area contributed by atoms with Gasteiger partial charge in [-0.25, -0.2) is 0 Å². The van der Waals surface area contributed by atoms with Crippen LogP contribution in [0.1, 0.15) is 0 Å². The lowest BCUT2D eigenvalue weighted by molar-refractivity contribution is 0.787. The van der Waals surface area contributed by atoms with Gasteiger partial charge in [0.15, 0.2) is 0 Å². The first-order valence-corrected chi connectivity index (χ1v) is 9.66. The molecule has 0 aliphatic carbocycles. The molecular formula is C18H12Cl2N4S2. The lowest BCUT2D eigenvalue weighted by Gasteiger charge is -2.17. The van der Waals surface area contributed by atoms with Crippen LogP contribution in [-0.4, -0.2) is 10.1 Å². The van der Waals surface area contributed by atoms with E-state index in [9.17, 15) is 10.5 Å². The Labute approximate surface area is 170 Å². The fourth-order valence-corrected chi connectivity index (χ4v) is 4.33. The van der Waals surface area contributed by atoms with Crippen LogP contribution in [0.3, 0.4) is 0 Å². The van der Waals surface area contributed by atoms with E-state index in [1.54, 1.807) is 48.5 Å². The SMILES string of the molecule is N#CC(C(=N)Sc1cccc(Cl)c1)C(C#N)C(=N)Sc1cccc(Cl)c1. The van der Waals surface area contributed by atoms with Crippen molar-refractivity contribution in [2.75, 3.05) is 0 Å². The number of nitrogens with one attached hydrogen (secondary N) is 2. The van der Waals surface area contributed by atoms with E-state index in [0.717, 1.165) is 23.5 Å². The highest BCUT2D eigenvalue weighted by molar-refractivity contribution is 8.14. The van der Waals surface area contributed by atoms with Gasteiger partial charge in [0.25, 0.3) is 0 Å². The fraction of sp³-hybridized carbons (Fsp3) is 0.111. The maximum Gasteiger partial charge on any atom is 0.116 e. The maximum atomic E-state index is 9.48. The highest BCUT2D eigenvalue weighted by atomic mass is 35.5. The topological polar surface area (TPSA) is 95.3 Å². The van der Waals surface area contributed by atoms with E-state index in [4.69, 9.17) is 34.0 Å². The van der Waals surface area contributed by atoms with Gasteiger partial charge in [-0.1, -0.05) is 58.9 Å². The molecule has 26 heavy (non-hydrogen) atoms. The van der Waals surface area contributed by atoms with Crippen molar-refractivity contribution in [2.24, 2.45) is 11.8 Å². The Balaban J connectivity index is 2.14. The van der Waals surface area contributed by atoms with Gasteiger partial charge in [-0.15, -0.1) is 0 Å². The van der Waals surface area contributed by atoms with Crippen molar-refractivity contribution in [3.05, 3.63) is 58.6 Å². The molecule has 0 aliphatic heterocycles. The van der Waals surface area contributed by atoms with Crippen LogP contribution in [-0.2, 0) is 0 Å². The van der Waals surface area contributed by atoms with Crippen molar-refractivity contribution in [1.82, 2.24) is 0 Å². The predicted octanol–water partition coefficient (Wildman–Crippen LogP) is 6.11. The van der Waals surface area contributed by atoms with Crippen LogP contribution in [0.4, 0.5) is 0 Å². The maximum absolute atomic E-state index is 9.48. The molecule has 2 aromatic rings. The molecule has 0 bridgehead atoms. The number of thioether (sulfide) groups is 2. The largest absolute Gasteiger partial charge is 0.297 e. The van der Waals surface area contributed by atoms with E-state index in [-0.39, 0.29) is 10.1 Å². The lowest BCUT2D eigenvalue weighted by Crippen LogP contribution is -2.24. The zero-order chi connectivity index (χ0) is 19.1. The fourth-order valence-electron chi connectivity index (χ4n) is 2.01. The van der Waals surface area contributed by atoms with Gasteiger partial charge in [0.2, 0.25) is 0 Å². The van der Waals surface area contributed by atoms with Crippen LogP contribution in [0.25, 0.3) is 0 Å². The van der Waals surface area contributed by atoms with Crippen molar-refractivity contribution in [1.29, 1.82) is 21.3 Å². The molecule has 0 radical (unpaired) electrons. The smallest absolute Gasteiger partial charge is 0.116 e. The molecule has 0 saturated carbocycles. The standard InChI is InChI=1S/C18H12Cl2N4S2/c19-11-3-1-5-13(7-11)25-17(23)15(9-21)16(10-22)18(24)26-14-6-2-4-12(20)8-14/h1-8,15-16,23-24H. The van der Waals surface area contributed by atoms with E-state index in [0.29, 0.717) is 19.8 Å². The molecule has 0 saturated heterocycles. The van der Waals surface area contributed by atoms with E-state index in [1.807, 2.05) is 12.1 Å². The van der Waals surface area contributed by atoms with Crippen LogP contribution in [0, 0.1) is 45.3 Å². The molecule has 4 nitrogen and oxygen atoms in total. The van der Waals surface area contributed by atoms with Gasteiger partial charge < -0.3 is 0 Å². The summed E-state index contributed by atoms with van der Waals surface area (Å²) in [5.74, 6) is -2.08. The summed E-state index contributed by atoms with van der Waals surface area (Å²) in [5, 5.41) is 36.4. The number of rotatable bonds is 5. The van der Waals surface area contributed by atoms with Gasteiger partial charge in [-0.05, 0) is 36.4 Å². The molecule has 0 heterocycles. The molecule has 2 N–H and O–H groups in total. The molecule has 2 rings (SSSR count). The minimum Gasteiger partial charge on any atom is -0.297 e. The Morgan fingerprint density at radius 3 is 1.50 bits per heavy atom. The first-order chi connectivity index (χ1) is 12.4. The minimum atomic E-state index is -1.04. The highest BCUT2D eigenvalue weighted by Gasteiger charge is 2.30. The molecule has 0 fully saturated rings. The summed E-state index contributed by atoms with van der Waals surface area (Å²) < 4.78 is 0. The van der Waals surface area contributed by atoms with Crippen molar-refractivity contribution >= 4 is 56.8 Å². The van der Waals surface area contributed by atoms with Gasteiger partial charge in [-0.2, -0.15) is 10.5 Å². The van der Waals surface area contributed by atoms with Crippen LogP contribution < -0.4 is 0 Å². The zero-order valence-electron chi connectivity index (χ0n) is 13.2. The molecule has 2 aromatic carbocycles. The van der Waals surface area contributed by atoms with Crippen molar-refractivity contribution in [3.8, 4) is 12.1 Å². The lowest BCUT2D eigenvalue weighted by atomic mass is 9.97. The van der Waals surface area contributed by atoms with Crippen LogP contribution in [0.5, 0.6) is 0 Å². The minimum absolute atomic E-state index is 0.00207. The van der Waals surface area contributed by atoms with Crippen molar-refractivity contribution < 1.29 is 0 Å². The third-order valence-electron chi connectivity index (χ3n) is 3.22. The number of hydrogen-bond acceptors (Lipinski definition) is 6. The van der Waals surface area contributed by atoms with E-state index in [2.05, 4.69) is 0 Å². The number of hydrogen-bond donors (Lipinski definition) is 2. The quantitative estimate of drug-likeness (QED) is 0.347. The van der Waals surface area contributed by atoms with Crippen LogP contribution >= 0.6 is 46.7 Å². The second-order valence-corrected chi connectivity index (χ2v) is 8.16. The van der Waals surface area contributed by atoms with Crippen LogP contribution in [0.2, 0.25) is 10.0 Å². The van der Waals surface area contributed by atoms with Gasteiger partial charge in [0.1, 0.15) is 11.8 Å². The Kier molecular flexibility index (Phi) is 7.56. The van der Waals surface area contributed by atoms with E-state index in [1.165, 1.54) is 0 Å². The monoisotopic (exact) mass is 418 g/mol.